The Hall–Kier alpha value is -2.25. The Bertz CT molecular complexity index is 996. The highest BCUT2D eigenvalue weighted by Crippen LogP contribution is 2.34. The van der Waals surface area contributed by atoms with Gasteiger partial charge in [-0.3, -0.25) is 9.59 Å². The second-order valence-corrected chi connectivity index (χ2v) is 9.67. The fourth-order valence-corrected chi connectivity index (χ4v) is 4.32. The summed E-state index contributed by atoms with van der Waals surface area (Å²) in [5.74, 6) is -0.683. The molecule has 1 N–H and O–H groups in total. The molecule has 6 nitrogen and oxygen atoms in total. The molecule has 0 saturated carbocycles. The number of nitrogens with one attached hydrogen (secondary N) is 1. The van der Waals surface area contributed by atoms with E-state index in [0.717, 1.165) is 18.7 Å². The van der Waals surface area contributed by atoms with Crippen LogP contribution in [0.3, 0.4) is 0 Å². The summed E-state index contributed by atoms with van der Waals surface area (Å²) in [5, 5.41) is 2.93. The SMILES string of the molecule is CNC(=O)[C@@H](CC(=O)c1nc(-c2ccc(F)cc2Cl)n2c1CN(C)CCC2)C(C)(C)C. The van der Waals surface area contributed by atoms with Crippen molar-refractivity contribution in [3.05, 3.63) is 40.4 Å². The van der Waals surface area contributed by atoms with E-state index in [4.69, 9.17) is 16.6 Å². The second kappa shape index (κ2) is 9.09. The predicted octanol–water partition coefficient (Wildman–Crippen LogP) is 4.16. The van der Waals surface area contributed by atoms with Crippen LogP contribution in [0.5, 0.6) is 0 Å². The molecule has 2 heterocycles. The number of benzene rings is 1. The molecule has 1 amide bonds. The summed E-state index contributed by atoms with van der Waals surface area (Å²) >= 11 is 6.33. The Kier molecular flexibility index (Phi) is 6.86. The topological polar surface area (TPSA) is 67.2 Å². The maximum absolute atomic E-state index is 13.6. The molecule has 0 fully saturated rings. The van der Waals surface area contributed by atoms with Crippen LogP contribution in [0.15, 0.2) is 18.2 Å². The largest absolute Gasteiger partial charge is 0.359 e. The number of carbonyl (C=O) groups is 2. The van der Waals surface area contributed by atoms with E-state index in [-0.39, 0.29) is 28.5 Å². The third-order valence-corrected chi connectivity index (χ3v) is 6.16. The number of ketones is 1. The minimum atomic E-state index is -0.483. The molecule has 2 aromatic rings. The van der Waals surface area contributed by atoms with Crippen LogP contribution in [0.25, 0.3) is 11.4 Å². The van der Waals surface area contributed by atoms with Crippen LogP contribution in [0, 0.1) is 17.2 Å². The zero-order valence-corrected chi connectivity index (χ0v) is 19.5. The standard InChI is InChI=1S/C23H30ClFN4O2/c1-23(2,3)16(22(31)26-4)12-19(30)20-18-13-28(5)9-6-10-29(18)21(27-20)15-8-7-14(25)11-17(15)24/h7-8,11,16H,6,9-10,12-13H2,1-5H3,(H,26,31)/t16-/m1/s1. The molecule has 0 bridgehead atoms. The molecular formula is C23H30ClFN4O2. The van der Waals surface area contributed by atoms with Crippen molar-refractivity contribution < 1.29 is 14.0 Å². The highest BCUT2D eigenvalue weighted by atomic mass is 35.5. The van der Waals surface area contributed by atoms with Gasteiger partial charge in [0.2, 0.25) is 5.91 Å². The molecule has 1 atom stereocenters. The molecule has 8 heteroatoms. The lowest BCUT2D eigenvalue weighted by Crippen LogP contribution is -2.37. The van der Waals surface area contributed by atoms with Gasteiger partial charge in [-0.1, -0.05) is 32.4 Å². The number of hydrogen-bond acceptors (Lipinski definition) is 4. The van der Waals surface area contributed by atoms with E-state index in [1.807, 2.05) is 32.4 Å². The van der Waals surface area contributed by atoms with Crippen LogP contribution >= 0.6 is 11.6 Å². The Morgan fingerprint density at radius 1 is 1.29 bits per heavy atom. The lowest BCUT2D eigenvalue weighted by molar-refractivity contribution is -0.127. The Morgan fingerprint density at radius 3 is 2.61 bits per heavy atom. The summed E-state index contributed by atoms with van der Waals surface area (Å²) < 4.78 is 15.6. The van der Waals surface area contributed by atoms with Gasteiger partial charge in [-0.05, 0) is 43.6 Å². The zero-order chi connectivity index (χ0) is 22.9. The number of amides is 1. The van der Waals surface area contributed by atoms with E-state index in [1.165, 1.54) is 12.1 Å². The first kappa shape index (κ1) is 23.4. The lowest BCUT2D eigenvalue weighted by Gasteiger charge is -2.28. The molecule has 1 aromatic heterocycles. The Balaban J connectivity index is 2.08. The fourth-order valence-electron chi connectivity index (χ4n) is 4.07. The summed E-state index contributed by atoms with van der Waals surface area (Å²) in [5.41, 5.74) is 1.38. The van der Waals surface area contributed by atoms with Crippen LogP contribution in [-0.2, 0) is 17.9 Å². The molecule has 1 aliphatic rings. The first-order valence-corrected chi connectivity index (χ1v) is 10.9. The molecule has 0 unspecified atom stereocenters. The maximum Gasteiger partial charge on any atom is 0.223 e. The van der Waals surface area contributed by atoms with Crippen LogP contribution in [0.1, 0.15) is 49.8 Å². The first-order chi connectivity index (χ1) is 14.5. The van der Waals surface area contributed by atoms with Gasteiger partial charge < -0.3 is 14.8 Å². The van der Waals surface area contributed by atoms with E-state index in [1.54, 1.807) is 13.1 Å². The van der Waals surface area contributed by atoms with Crippen LogP contribution < -0.4 is 5.32 Å². The van der Waals surface area contributed by atoms with E-state index in [9.17, 15) is 14.0 Å². The van der Waals surface area contributed by atoms with Gasteiger partial charge in [-0.15, -0.1) is 0 Å². The number of aromatic nitrogens is 2. The minimum Gasteiger partial charge on any atom is -0.359 e. The van der Waals surface area contributed by atoms with E-state index in [0.29, 0.717) is 30.2 Å². The molecule has 168 valence electrons. The van der Waals surface area contributed by atoms with Gasteiger partial charge in [0.05, 0.1) is 16.6 Å². The highest BCUT2D eigenvalue weighted by Gasteiger charge is 2.35. The van der Waals surface area contributed by atoms with Gasteiger partial charge in [0.1, 0.15) is 17.3 Å². The number of fused-ring (bicyclic) bond motifs is 1. The summed E-state index contributed by atoms with van der Waals surface area (Å²) in [7, 11) is 3.59. The third-order valence-electron chi connectivity index (χ3n) is 5.85. The van der Waals surface area contributed by atoms with Crippen LogP contribution in [0.2, 0.25) is 5.02 Å². The summed E-state index contributed by atoms with van der Waals surface area (Å²) in [6, 6.07) is 4.19. The van der Waals surface area contributed by atoms with Gasteiger partial charge in [-0.2, -0.15) is 0 Å². The number of rotatable bonds is 5. The molecule has 1 aliphatic heterocycles. The smallest absolute Gasteiger partial charge is 0.223 e. The summed E-state index contributed by atoms with van der Waals surface area (Å²) in [4.78, 5) is 32.7. The normalized spacial score (nSPS) is 15.8. The summed E-state index contributed by atoms with van der Waals surface area (Å²) in [6.45, 7) is 7.98. The number of Topliss-reactive ketones (excluding diaryl/α,β-unsaturated/α-hetero) is 1. The molecule has 0 saturated heterocycles. The quantitative estimate of drug-likeness (QED) is 0.697. The van der Waals surface area contributed by atoms with Crippen molar-refractivity contribution in [2.24, 2.45) is 11.3 Å². The van der Waals surface area contributed by atoms with Crippen LogP contribution in [0.4, 0.5) is 4.39 Å². The number of nitrogens with zero attached hydrogens (tertiary/aromatic N) is 3. The van der Waals surface area contributed by atoms with E-state index in [2.05, 4.69) is 10.2 Å². The van der Waals surface area contributed by atoms with E-state index >= 15 is 0 Å². The average molecular weight is 449 g/mol. The minimum absolute atomic E-state index is 0.0630. The third kappa shape index (κ3) is 4.99. The predicted molar refractivity (Wildman–Crippen MR) is 120 cm³/mol. The van der Waals surface area contributed by atoms with Crippen molar-refractivity contribution in [1.82, 2.24) is 19.8 Å². The average Bonchev–Trinajstić information content (AvgIpc) is 2.90. The number of hydrogen-bond donors (Lipinski definition) is 1. The van der Waals surface area contributed by atoms with Crippen molar-refractivity contribution >= 4 is 23.3 Å². The van der Waals surface area contributed by atoms with E-state index < -0.39 is 11.7 Å². The monoisotopic (exact) mass is 448 g/mol. The number of imidazole rings is 1. The molecule has 3 rings (SSSR count). The van der Waals surface area contributed by atoms with Crippen molar-refractivity contribution in [2.45, 2.75) is 46.7 Å². The fraction of sp³-hybridized carbons (Fsp3) is 0.522. The molecule has 0 radical (unpaired) electrons. The van der Waals surface area contributed by atoms with Gasteiger partial charge in [0, 0.05) is 32.1 Å². The Morgan fingerprint density at radius 2 is 2.00 bits per heavy atom. The highest BCUT2D eigenvalue weighted by molar-refractivity contribution is 6.33. The van der Waals surface area contributed by atoms with Crippen molar-refractivity contribution in [3.63, 3.8) is 0 Å². The molecule has 0 aliphatic carbocycles. The lowest BCUT2D eigenvalue weighted by atomic mass is 9.77. The van der Waals surface area contributed by atoms with Crippen molar-refractivity contribution in [2.75, 3.05) is 20.6 Å². The second-order valence-electron chi connectivity index (χ2n) is 9.26. The van der Waals surface area contributed by atoms with Crippen molar-refractivity contribution in [1.29, 1.82) is 0 Å². The van der Waals surface area contributed by atoms with Gasteiger partial charge >= 0.3 is 0 Å². The zero-order valence-electron chi connectivity index (χ0n) is 18.8. The maximum atomic E-state index is 13.6. The molecular weight excluding hydrogens is 419 g/mol. The molecule has 1 aromatic carbocycles. The Labute approximate surface area is 187 Å². The molecule has 0 spiro atoms. The number of halogens is 2. The summed E-state index contributed by atoms with van der Waals surface area (Å²) in [6.07, 6.45) is 0.954. The van der Waals surface area contributed by atoms with Crippen LogP contribution in [-0.4, -0.2) is 46.8 Å². The first-order valence-electron chi connectivity index (χ1n) is 10.5. The van der Waals surface area contributed by atoms with Crippen molar-refractivity contribution in [3.8, 4) is 11.4 Å². The van der Waals surface area contributed by atoms with Gasteiger partial charge in [0.25, 0.3) is 0 Å². The number of carbonyl (C=O) groups excluding carboxylic acids is 2. The molecule has 31 heavy (non-hydrogen) atoms. The van der Waals surface area contributed by atoms with Gasteiger partial charge in [0.15, 0.2) is 5.78 Å². The van der Waals surface area contributed by atoms with Gasteiger partial charge in [-0.25, -0.2) is 9.37 Å².